The number of carbonyl (C=O) groups is 2. The Morgan fingerprint density at radius 2 is 1.61 bits per heavy atom. The second kappa shape index (κ2) is 14.5. The largest absolute Gasteiger partial charge is 0.484 e. The topological polar surface area (TPSA) is 117 Å². The van der Waals surface area contributed by atoms with E-state index in [9.17, 15) is 18.0 Å². The first-order chi connectivity index (χ1) is 19.9. The lowest BCUT2D eigenvalue weighted by Gasteiger charge is -2.25. The fraction of sp³-hybridized carbons (Fsp3) is 0.323. The van der Waals surface area contributed by atoms with Crippen LogP contribution in [0, 0.1) is 0 Å². The average molecular weight is 577 g/mol. The van der Waals surface area contributed by atoms with Gasteiger partial charge in [0.05, 0.1) is 16.8 Å². The highest BCUT2D eigenvalue weighted by Gasteiger charge is 2.28. The van der Waals surface area contributed by atoms with E-state index in [4.69, 9.17) is 4.74 Å². The molecule has 2 N–H and O–H groups in total. The molecule has 0 aliphatic heterocycles. The molecule has 1 fully saturated rings. The van der Waals surface area contributed by atoms with Crippen LogP contribution in [-0.2, 0) is 26.0 Å². The molecule has 0 bridgehead atoms. The fourth-order valence-electron chi connectivity index (χ4n) is 4.73. The first-order valence-electron chi connectivity index (χ1n) is 13.9. The van der Waals surface area contributed by atoms with Gasteiger partial charge in [-0.3, -0.25) is 13.9 Å². The lowest BCUT2D eigenvalue weighted by molar-refractivity contribution is -0.124. The molecular formula is C31H36N4O5S. The number of benzene rings is 3. The molecule has 0 unspecified atom stereocenters. The number of hydrazone groups is 1. The van der Waals surface area contributed by atoms with E-state index >= 15 is 0 Å². The summed E-state index contributed by atoms with van der Waals surface area (Å²) in [7, 11) is -4.01. The van der Waals surface area contributed by atoms with Crippen LogP contribution in [0.15, 0.2) is 88.9 Å². The Morgan fingerprint density at radius 3 is 2.32 bits per heavy atom. The summed E-state index contributed by atoms with van der Waals surface area (Å²) < 4.78 is 33.8. The predicted octanol–water partition coefficient (Wildman–Crippen LogP) is 4.42. The molecule has 3 aromatic rings. The van der Waals surface area contributed by atoms with Gasteiger partial charge in [-0.05, 0) is 72.9 Å². The van der Waals surface area contributed by atoms with Gasteiger partial charge in [0.25, 0.3) is 21.8 Å². The molecule has 0 spiro atoms. The number of rotatable bonds is 12. The molecular weight excluding hydrogens is 540 g/mol. The Morgan fingerprint density at radius 1 is 0.927 bits per heavy atom. The Kier molecular flexibility index (Phi) is 10.5. The van der Waals surface area contributed by atoms with Crippen LogP contribution < -0.4 is 19.8 Å². The third-order valence-electron chi connectivity index (χ3n) is 6.88. The molecule has 1 aliphatic carbocycles. The van der Waals surface area contributed by atoms with E-state index in [0.717, 1.165) is 35.6 Å². The summed E-state index contributed by atoms with van der Waals surface area (Å²) in [5, 5.41) is 7.02. The molecule has 0 heterocycles. The van der Waals surface area contributed by atoms with Crippen LogP contribution in [0.25, 0.3) is 0 Å². The Hall–Kier alpha value is -4.18. The number of nitrogens with one attached hydrogen (secondary N) is 2. The molecule has 9 nitrogen and oxygen atoms in total. The SMILES string of the molecule is CCc1ccccc1N(CC(=O)N/N=C\c1ccc(OCC(=O)NC2CCCCC2)cc1)S(=O)(=O)c1ccccc1. The van der Waals surface area contributed by atoms with Crippen LogP contribution in [0.5, 0.6) is 5.75 Å². The number of anilines is 1. The summed E-state index contributed by atoms with van der Waals surface area (Å²) in [6, 6.07) is 22.3. The van der Waals surface area contributed by atoms with Gasteiger partial charge in [-0.1, -0.05) is 62.6 Å². The number of hydrogen-bond donors (Lipinski definition) is 2. The smallest absolute Gasteiger partial charge is 0.264 e. The normalized spacial score (nSPS) is 14.0. The van der Waals surface area contributed by atoms with Crippen molar-refractivity contribution in [2.45, 2.75) is 56.4 Å². The maximum Gasteiger partial charge on any atom is 0.264 e. The van der Waals surface area contributed by atoms with E-state index in [1.54, 1.807) is 54.6 Å². The molecule has 41 heavy (non-hydrogen) atoms. The zero-order chi connectivity index (χ0) is 29.1. The van der Waals surface area contributed by atoms with Crippen molar-refractivity contribution < 1.29 is 22.7 Å². The van der Waals surface area contributed by atoms with Gasteiger partial charge in [0, 0.05) is 6.04 Å². The highest BCUT2D eigenvalue weighted by molar-refractivity contribution is 7.92. The summed E-state index contributed by atoms with van der Waals surface area (Å²) in [5.74, 6) is -0.174. The number of amides is 2. The summed E-state index contributed by atoms with van der Waals surface area (Å²) in [5.41, 5.74) is 4.36. The van der Waals surface area contributed by atoms with Gasteiger partial charge in [-0.15, -0.1) is 0 Å². The third kappa shape index (κ3) is 8.40. The van der Waals surface area contributed by atoms with Crippen LogP contribution >= 0.6 is 0 Å². The molecule has 216 valence electrons. The molecule has 0 radical (unpaired) electrons. The summed E-state index contributed by atoms with van der Waals surface area (Å²) >= 11 is 0. The maximum absolute atomic E-state index is 13.5. The van der Waals surface area contributed by atoms with Crippen LogP contribution in [0.3, 0.4) is 0 Å². The highest BCUT2D eigenvalue weighted by atomic mass is 32.2. The standard InChI is InChI=1S/C31H36N4O5S/c1-2-25-11-9-10-16-29(25)35(41(38,39)28-14-7-4-8-15-28)22-30(36)34-32-21-24-17-19-27(20-18-24)40-23-31(37)33-26-12-5-3-6-13-26/h4,7-11,14-21,26H,2-3,5-6,12-13,22-23H2,1H3,(H,33,37)(H,34,36)/b32-21-. The first-order valence-corrected chi connectivity index (χ1v) is 15.3. The lowest BCUT2D eigenvalue weighted by Crippen LogP contribution is -2.40. The average Bonchev–Trinajstić information content (AvgIpc) is 3.00. The van der Waals surface area contributed by atoms with E-state index in [0.29, 0.717) is 23.4 Å². The third-order valence-corrected chi connectivity index (χ3v) is 8.66. The number of ether oxygens (including phenoxy) is 1. The van der Waals surface area contributed by atoms with Crippen molar-refractivity contribution in [2.24, 2.45) is 5.10 Å². The quantitative estimate of drug-likeness (QED) is 0.245. The highest BCUT2D eigenvalue weighted by Crippen LogP contribution is 2.27. The van der Waals surface area contributed by atoms with Crippen molar-refractivity contribution in [3.63, 3.8) is 0 Å². The van der Waals surface area contributed by atoms with Gasteiger partial charge in [-0.2, -0.15) is 5.10 Å². The van der Waals surface area contributed by atoms with Crippen molar-refractivity contribution >= 4 is 33.7 Å². The van der Waals surface area contributed by atoms with Crippen LogP contribution in [0.4, 0.5) is 5.69 Å². The second-order valence-corrected chi connectivity index (χ2v) is 11.7. The van der Waals surface area contributed by atoms with Gasteiger partial charge in [-0.25, -0.2) is 13.8 Å². The van der Waals surface area contributed by atoms with Gasteiger partial charge in [0.2, 0.25) is 0 Å². The van der Waals surface area contributed by atoms with Crippen molar-refractivity contribution in [3.05, 3.63) is 90.0 Å². The molecule has 1 saturated carbocycles. The minimum Gasteiger partial charge on any atom is -0.484 e. The maximum atomic E-state index is 13.5. The molecule has 0 saturated heterocycles. The number of sulfonamides is 1. The van der Waals surface area contributed by atoms with Crippen molar-refractivity contribution in [1.29, 1.82) is 0 Å². The van der Waals surface area contributed by atoms with E-state index in [1.807, 2.05) is 19.1 Å². The molecule has 4 rings (SSSR count). The Labute approximate surface area is 241 Å². The van der Waals surface area contributed by atoms with Gasteiger partial charge in [0.1, 0.15) is 12.3 Å². The minimum absolute atomic E-state index is 0.0520. The summed E-state index contributed by atoms with van der Waals surface area (Å²) in [4.78, 5) is 25.1. The zero-order valence-electron chi connectivity index (χ0n) is 23.2. The molecule has 1 aliphatic rings. The molecule has 0 aromatic heterocycles. The first kappa shape index (κ1) is 29.8. The second-order valence-electron chi connectivity index (χ2n) is 9.86. The lowest BCUT2D eigenvalue weighted by atomic mass is 9.95. The number of hydrogen-bond acceptors (Lipinski definition) is 6. The van der Waals surface area contributed by atoms with Crippen molar-refractivity contribution in [1.82, 2.24) is 10.7 Å². The van der Waals surface area contributed by atoms with E-state index < -0.39 is 22.5 Å². The Bertz CT molecular complexity index is 1440. The molecule has 10 heteroatoms. The summed E-state index contributed by atoms with van der Waals surface area (Å²) in [6.07, 6.45) is 7.60. The van der Waals surface area contributed by atoms with Gasteiger partial charge >= 0.3 is 0 Å². The number of nitrogens with zero attached hydrogens (tertiary/aromatic N) is 2. The van der Waals surface area contributed by atoms with Crippen molar-refractivity contribution in [3.8, 4) is 5.75 Å². The minimum atomic E-state index is -4.01. The van der Waals surface area contributed by atoms with Gasteiger partial charge in [0.15, 0.2) is 6.61 Å². The molecule has 2 amide bonds. The number of carbonyl (C=O) groups excluding carboxylic acids is 2. The van der Waals surface area contributed by atoms with E-state index in [2.05, 4.69) is 15.8 Å². The van der Waals surface area contributed by atoms with Crippen molar-refractivity contribution in [2.75, 3.05) is 17.5 Å². The zero-order valence-corrected chi connectivity index (χ0v) is 24.0. The predicted molar refractivity (Wildman–Crippen MR) is 159 cm³/mol. The van der Waals surface area contributed by atoms with Crippen LogP contribution in [-0.4, -0.2) is 45.6 Å². The van der Waals surface area contributed by atoms with E-state index in [-0.39, 0.29) is 23.5 Å². The fourth-order valence-corrected chi connectivity index (χ4v) is 6.21. The Balaban J connectivity index is 1.35. The molecule has 0 atom stereocenters. The summed E-state index contributed by atoms with van der Waals surface area (Å²) in [6.45, 7) is 1.43. The monoisotopic (exact) mass is 576 g/mol. The van der Waals surface area contributed by atoms with Crippen LogP contribution in [0.2, 0.25) is 0 Å². The van der Waals surface area contributed by atoms with Crippen LogP contribution in [0.1, 0.15) is 50.2 Å². The number of aryl methyl sites for hydroxylation is 1. The number of para-hydroxylation sites is 1. The van der Waals surface area contributed by atoms with Gasteiger partial charge < -0.3 is 10.1 Å². The molecule has 3 aromatic carbocycles. The van der Waals surface area contributed by atoms with E-state index in [1.165, 1.54) is 24.8 Å².